The molecule has 1 amide bonds. The fourth-order valence-corrected chi connectivity index (χ4v) is 2.92. The Morgan fingerprint density at radius 3 is 2.76 bits per heavy atom. The van der Waals surface area contributed by atoms with E-state index in [2.05, 4.69) is 5.32 Å². The average molecular weight is 303 g/mol. The molecule has 3 rings (SSSR count). The van der Waals surface area contributed by atoms with Crippen LogP contribution >= 0.6 is 11.3 Å². The van der Waals surface area contributed by atoms with Gasteiger partial charge in [0.1, 0.15) is 5.82 Å². The predicted octanol–water partition coefficient (Wildman–Crippen LogP) is 2.75. The van der Waals surface area contributed by atoms with Gasteiger partial charge in [0.25, 0.3) is 5.91 Å². The van der Waals surface area contributed by atoms with Gasteiger partial charge >= 0.3 is 0 Å². The maximum atomic E-state index is 13.3. The molecule has 1 unspecified atom stereocenters. The third kappa shape index (κ3) is 2.34. The van der Waals surface area contributed by atoms with Crippen molar-refractivity contribution >= 4 is 23.0 Å². The average Bonchev–Trinajstić information content (AvgIpc) is 3.08. The second-order valence-corrected chi connectivity index (χ2v) is 5.48. The maximum Gasteiger partial charge on any atom is 0.287 e. The van der Waals surface area contributed by atoms with Crippen LogP contribution in [0.1, 0.15) is 21.3 Å². The van der Waals surface area contributed by atoms with Crippen LogP contribution in [0.5, 0.6) is 0 Å². The second kappa shape index (κ2) is 5.14. The number of carbonyl (C=O) groups excluding carboxylic acids is 2. The highest BCUT2D eigenvalue weighted by Gasteiger charge is 2.37. The monoisotopic (exact) mass is 303 g/mol. The first-order valence-electron chi connectivity index (χ1n) is 6.15. The molecule has 2 heterocycles. The van der Waals surface area contributed by atoms with Crippen LogP contribution in [-0.4, -0.2) is 16.8 Å². The lowest BCUT2D eigenvalue weighted by Gasteiger charge is -2.14. The molecule has 4 nitrogen and oxygen atoms in total. The Morgan fingerprint density at radius 1 is 1.29 bits per heavy atom. The molecule has 106 valence electrons. The maximum absolute atomic E-state index is 13.3. The van der Waals surface area contributed by atoms with Gasteiger partial charge in [-0.15, -0.1) is 11.3 Å². The molecule has 0 fully saturated rings. The number of hydrogen-bond acceptors (Lipinski definition) is 4. The van der Waals surface area contributed by atoms with Crippen molar-refractivity contribution in [2.45, 2.75) is 6.04 Å². The van der Waals surface area contributed by atoms with Crippen molar-refractivity contribution in [1.82, 2.24) is 5.32 Å². The van der Waals surface area contributed by atoms with Crippen LogP contribution < -0.4 is 5.32 Å². The molecule has 0 spiro atoms. The first kappa shape index (κ1) is 13.5. The summed E-state index contributed by atoms with van der Waals surface area (Å²) in [4.78, 5) is 24.5. The molecule has 2 aromatic rings. The van der Waals surface area contributed by atoms with E-state index in [1.54, 1.807) is 23.6 Å². The highest BCUT2D eigenvalue weighted by molar-refractivity contribution is 7.12. The van der Waals surface area contributed by atoms with E-state index < -0.39 is 29.3 Å². The van der Waals surface area contributed by atoms with E-state index >= 15 is 0 Å². The number of ketones is 1. The number of rotatable bonds is 3. The van der Waals surface area contributed by atoms with E-state index in [-0.39, 0.29) is 5.57 Å². The summed E-state index contributed by atoms with van der Waals surface area (Å²) in [6.07, 6.45) is 0. The third-order valence-electron chi connectivity index (χ3n) is 3.21. The smallest absolute Gasteiger partial charge is 0.287 e. The number of halogens is 1. The van der Waals surface area contributed by atoms with Gasteiger partial charge in [0.2, 0.25) is 5.78 Å². The van der Waals surface area contributed by atoms with Gasteiger partial charge in [0.15, 0.2) is 5.76 Å². The molecule has 2 N–H and O–H groups in total. The number of thiophene rings is 1. The number of carbonyl (C=O) groups is 2. The molecule has 1 aromatic heterocycles. The molecule has 1 aliphatic rings. The van der Waals surface area contributed by atoms with E-state index in [4.69, 9.17) is 0 Å². The summed E-state index contributed by atoms with van der Waals surface area (Å²) >= 11 is 1.21. The van der Waals surface area contributed by atoms with Gasteiger partial charge in [0.05, 0.1) is 16.5 Å². The van der Waals surface area contributed by atoms with Crippen molar-refractivity contribution < 1.29 is 19.1 Å². The van der Waals surface area contributed by atoms with Gasteiger partial charge in [-0.25, -0.2) is 4.39 Å². The van der Waals surface area contributed by atoms with Crippen LogP contribution in [0.2, 0.25) is 0 Å². The molecule has 0 saturated carbocycles. The lowest BCUT2D eigenvalue weighted by atomic mass is 9.96. The summed E-state index contributed by atoms with van der Waals surface area (Å²) in [5.41, 5.74) is 0.361. The van der Waals surface area contributed by atoms with Gasteiger partial charge in [-0.05, 0) is 29.1 Å². The molecule has 1 atom stereocenters. The number of aliphatic hydroxyl groups is 1. The number of aliphatic hydroxyl groups excluding tert-OH is 1. The zero-order chi connectivity index (χ0) is 15.0. The molecule has 1 aliphatic heterocycles. The minimum Gasteiger partial charge on any atom is -0.503 e. The summed E-state index contributed by atoms with van der Waals surface area (Å²) in [7, 11) is 0. The molecule has 1 aromatic carbocycles. The Labute approximate surface area is 123 Å². The number of nitrogens with one attached hydrogen (secondary N) is 1. The molecule has 21 heavy (non-hydrogen) atoms. The van der Waals surface area contributed by atoms with Crippen molar-refractivity contribution in [1.29, 1.82) is 0 Å². The van der Waals surface area contributed by atoms with Crippen LogP contribution in [0.3, 0.4) is 0 Å². The van der Waals surface area contributed by atoms with Crippen molar-refractivity contribution in [3.63, 3.8) is 0 Å². The largest absolute Gasteiger partial charge is 0.503 e. The molecule has 6 heteroatoms. The van der Waals surface area contributed by atoms with Crippen molar-refractivity contribution in [3.8, 4) is 0 Å². The van der Waals surface area contributed by atoms with Crippen molar-refractivity contribution in [3.05, 3.63) is 69.4 Å². The van der Waals surface area contributed by atoms with E-state index in [9.17, 15) is 19.1 Å². The SMILES string of the molecule is O=C1NC(c2cccc(F)c2)C(C(=O)c2cccs2)=C1O. The fourth-order valence-electron chi connectivity index (χ4n) is 2.25. The molecular weight excluding hydrogens is 293 g/mol. The molecule has 0 saturated heterocycles. The Kier molecular flexibility index (Phi) is 3.31. The predicted molar refractivity (Wildman–Crippen MR) is 75.6 cm³/mol. The van der Waals surface area contributed by atoms with E-state index in [1.807, 2.05) is 0 Å². The van der Waals surface area contributed by atoms with E-state index in [0.29, 0.717) is 10.4 Å². The lowest BCUT2D eigenvalue weighted by Crippen LogP contribution is -2.23. The van der Waals surface area contributed by atoms with E-state index in [1.165, 1.54) is 29.5 Å². The first-order valence-corrected chi connectivity index (χ1v) is 7.03. The zero-order valence-electron chi connectivity index (χ0n) is 10.7. The Balaban J connectivity index is 2.06. The first-order chi connectivity index (χ1) is 10.1. The summed E-state index contributed by atoms with van der Waals surface area (Å²) in [5.74, 6) is -2.25. The van der Waals surface area contributed by atoms with E-state index in [0.717, 1.165) is 0 Å². The fraction of sp³-hybridized carbons (Fsp3) is 0.0667. The second-order valence-electron chi connectivity index (χ2n) is 4.53. The van der Waals surface area contributed by atoms with Gasteiger partial charge in [-0.1, -0.05) is 18.2 Å². The lowest BCUT2D eigenvalue weighted by molar-refractivity contribution is -0.119. The number of Topliss-reactive ketones (excluding diaryl/α,β-unsaturated/α-hetero) is 1. The molecule has 0 radical (unpaired) electrons. The standard InChI is InChI=1S/C15H10FNO3S/c16-9-4-1-3-8(7-9)12-11(14(19)15(20)17-12)13(18)10-5-2-6-21-10/h1-7,12,19H,(H,17,20). The minimum absolute atomic E-state index is 0.0481. The minimum atomic E-state index is -0.845. The number of benzene rings is 1. The summed E-state index contributed by atoms with van der Waals surface area (Å²) in [6, 6.07) is 8.04. The van der Waals surface area contributed by atoms with Crippen LogP contribution in [-0.2, 0) is 4.79 Å². The van der Waals surface area contributed by atoms with Gasteiger partial charge in [0, 0.05) is 0 Å². The van der Waals surface area contributed by atoms with Crippen LogP contribution in [0.25, 0.3) is 0 Å². The number of amides is 1. The summed E-state index contributed by atoms with van der Waals surface area (Å²) in [6.45, 7) is 0. The Bertz CT molecular complexity index is 752. The number of hydrogen-bond donors (Lipinski definition) is 2. The molecule has 0 aliphatic carbocycles. The highest BCUT2D eigenvalue weighted by atomic mass is 32.1. The van der Waals surface area contributed by atoms with Crippen LogP contribution in [0.4, 0.5) is 4.39 Å². The highest BCUT2D eigenvalue weighted by Crippen LogP contribution is 2.32. The van der Waals surface area contributed by atoms with Crippen LogP contribution in [0.15, 0.2) is 53.1 Å². The topological polar surface area (TPSA) is 66.4 Å². The Hall–Kier alpha value is -2.47. The van der Waals surface area contributed by atoms with Crippen LogP contribution in [0, 0.1) is 5.82 Å². The summed E-state index contributed by atoms with van der Waals surface area (Å²) < 4.78 is 13.3. The zero-order valence-corrected chi connectivity index (χ0v) is 11.5. The van der Waals surface area contributed by atoms with Gasteiger partial charge in [-0.3, -0.25) is 9.59 Å². The molecular formula is C15H10FNO3S. The third-order valence-corrected chi connectivity index (χ3v) is 4.07. The van der Waals surface area contributed by atoms with Crippen molar-refractivity contribution in [2.75, 3.05) is 0 Å². The normalized spacial score (nSPS) is 18.0. The summed E-state index contributed by atoms with van der Waals surface area (Å²) in [5, 5.41) is 14.1. The Morgan fingerprint density at radius 2 is 2.10 bits per heavy atom. The van der Waals surface area contributed by atoms with Crippen molar-refractivity contribution in [2.24, 2.45) is 0 Å². The quantitative estimate of drug-likeness (QED) is 0.857. The van der Waals surface area contributed by atoms with Gasteiger partial charge < -0.3 is 10.4 Å². The molecule has 0 bridgehead atoms. The van der Waals surface area contributed by atoms with Gasteiger partial charge in [-0.2, -0.15) is 0 Å².